The number of nitrogens with zero attached hydrogens (tertiary/aromatic N) is 2. The monoisotopic (exact) mass is 405 g/mol. The second-order valence-electron chi connectivity index (χ2n) is 5.62. The lowest BCUT2D eigenvalue weighted by atomic mass is 10.2. The fraction of sp³-hybridized carbons (Fsp3) is 0.429. The standard InChI is InChI=1S/C14H16ClN3O3S3/c1-8(2)24(20,21)18-6-5-9-11(7-18)23-14(16-9)17-13(19)10-3-4-12(15)22-10/h3-4,8H,5-7H2,1-2H3,(H,16,17,19). The van der Waals surface area contributed by atoms with Gasteiger partial charge < -0.3 is 0 Å². The zero-order valence-electron chi connectivity index (χ0n) is 13.1. The second-order valence-corrected chi connectivity index (χ2v) is 10.9. The minimum Gasteiger partial charge on any atom is -0.297 e. The molecule has 0 spiro atoms. The first-order valence-electron chi connectivity index (χ1n) is 7.31. The molecule has 0 aliphatic carbocycles. The summed E-state index contributed by atoms with van der Waals surface area (Å²) in [7, 11) is -3.28. The number of carbonyl (C=O) groups is 1. The molecular formula is C14H16ClN3O3S3. The lowest BCUT2D eigenvalue weighted by molar-refractivity contribution is 0.103. The van der Waals surface area contributed by atoms with Gasteiger partial charge in [0.2, 0.25) is 10.0 Å². The van der Waals surface area contributed by atoms with Crippen molar-refractivity contribution in [1.29, 1.82) is 0 Å². The maximum absolute atomic E-state index is 12.3. The number of rotatable bonds is 4. The molecule has 0 fully saturated rings. The molecule has 0 unspecified atom stereocenters. The summed E-state index contributed by atoms with van der Waals surface area (Å²) < 4.78 is 26.6. The normalized spacial score (nSPS) is 15.5. The highest BCUT2D eigenvalue weighted by Crippen LogP contribution is 2.31. The molecule has 1 N–H and O–H groups in total. The fourth-order valence-corrected chi connectivity index (χ4v) is 5.63. The van der Waals surface area contributed by atoms with Crippen molar-refractivity contribution in [2.45, 2.75) is 32.1 Å². The van der Waals surface area contributed by atoms with E-state index in [-0.39, 0.29) is 5.91 Å². The Bertz CT molecular complexity index is 873. The molecule has 0 saturated carbocycles. The van der Waals surface area contributed by atoms with Crippen molar-refractivity contribution in [2.24, 2.45) is 0 Å². The largest absolute Gasteiger partial charge is 0.297 e. The Balaban J connectivity index is 1.75. The number of thiazole rings is 1. The maximum atomic E-state index is 12.3. The van der Waals surface area contributed by atoms with Gasteiger partial charge in [0.1, 0.15) is 0 Å². The van der Waals surface area contributed by atoms with Gasteiger partial charge in [-0.05, 0) is 26.0 Å². The maximum Gasteiger partial charge on any atom is 0.267 e. The van der Waals surface area contributed by atoms with Crippen molar-refractivity contribution in [3.8, 4) is 0 Å². The highest BCUT2D eigenvalue weighted by atomic mass is 35.5. The van der Waals surface area contributed by atoms with Crippen LogP contribution in [0.15, 0.2) is 12.1 Å². The number of hydrogen-bond acceptors (Lipinski definition) is 6. The van der Waals surface area contributed by atoms with Crippen molar-refractivity contribution in [2.75, 3.05) is 11.9 Å². The van der Waals surface area contributed by atoms with E-state index in [4.69, 9.17) is 11.6 Å². The highest BCUT2D eigenvalue weighted by molar-refractivity contribution is 7.89. The fourth-order valence-electron chi connectivity index (χ4n) is 2.34. The third-order valence-electron chi connectivity index (χ3n) is 3.67. The van der Waals surface area contributed by atoms with Crippen LogP contribution in [0.4, 0.5) is 5.13 Å². The van der Waals surface area contributed by atoms with Crippen LogP contribution < -0.4 is 5.32 Å². The van der Waals surface area contributed by atoms with E-state index >= 15 is 0 Å². The number of anilines is 1. The van der Waals surface area contributed by atoms with Gasteiger partial charge >= 0.3 is 0 Å². The van der Waals surface area contributed by atoms with Crippen LogP contribution in [0.5, 0.6) is 0 Å². The molecule has 130 valence electrons. The molecule has 0 aromatic carbocycles. The molecule has 0 radical (unpaired) electrons. The Morgan fingerprint density at radius 3 is 2.75 bits per heavy atom. The van der Waals surface area contributed by atoms with Crippen molar-refractivity contribution >= 4 is 55.3 Å². The highest BCUT2D eigenvalue weighted by Gasteiger charge is 2.31. The van der Waals surface area contributed by atoms with Crippen molar-refractivity contribution < 1.29 is 13.2 Å². The summed E-state index contributed by atoms with van der Waals surface area (Å²) in [6.07, 6.45) is 0.554. The summed E-state index contributed by atoms with van der Waals surface area (Å²) in [6.45, 7) is 4.09. The van der Waals surface area contributed by atoms with E-state index in [2.05, 4.69) is 10.3 Å². The van der Waals surface area contributed by atoms with Gasteiger partial charge in [0.25, 0.3) is 5.91 Å². The number of hydrogen-bond donors (Lipinski definition) is 1. The number of fused-ring (bicyclic) bond motifs is 1. The molecule has 10 heteroatoms. The minimum atomic E-state index is -3.28. The SMILES string of the molecule is CC(C)S(=O)(=O)N1CCc2nc(NC(=O)c3ccc(Cl)s3)sc2C1. The van der Waals surface area contributed by atoms with E-state index < -0.39 is 15.3 Å². The van der Waals surface area contributed by atoms with Gasteiger partial charge in [0, 0.05) is 24.4 Å². The molecule has 1 amide bonds. The van der Waals surface area contributed by atoms with Gasteiger partial charge in [-0.1, -0.05) is 11.6 Å². The van der Waals surface area contributed by atoms with Crippen LogP contribution in [0, 0.1) is 0 Å². The first-order valence-corrected chi connectivity index (χ1v) is 10.8. The number of nitrogens with one attached hydrogen (secondary N) is 1. The summed E-state index contributed by atoms with van der Waals surface area (Å²) in [5.74, 6) is -0.260. The first-order chi connectivity index (χ1) is 11.3. The zero-order chi connectivity index (χ0) is 17.5. The van der Waals surface area contributed by atoms with Gasteiger partial charge in [-0.3, -0.25) is 10.1 Å². The topological polar surface area (TPSA) is 79.4 Å². The molecule has 2 aromatic rings. The Hall–Kier alpha value is -1.000. The summed E-state index contributed by atoms with van der Waals surface area (Å²) in [4.78, 5) is 18.0. The number of halogens is 1. The van der Waals surface area contributed by atoms with Crippen LogP contribution >= 0.6 is 34.3 Å². The van der Waals surface area contributed by atoms with Crippen LogP contribution in [-0.4, -0.2) is 35.4 Å². The number of sulfonamides is 1. The molecule has 1 aliphatic rings. The number of carbonyl (C=O) groups excluding carboxylic acids is 1. The third kappa shape index (κ3) is 3.50. The smallest absolute Gasteiger partial charge is 0.267 e. The summed E-state index contributed by atoms with van der Waals surface area (Å²) in [6, 6.07) is 3.33. The lowest BCUT2D eigenvalue weighted by Gasteiger charge is -2.26. The van der Waals surface area contributed by atoms with E-state index in [1.165, 1.54) is 27.0 Å². The zero-order valence-corrected chi connectivity index (χ0v) is 16.3. The van der Waals surface area contributed by atoms with Gasteiger partial charge in [-0.2, -0.15) is 4.31 Å². The van der Waals surface area contributed by atoms with Crippen molar-refractivity contribution in [1.82, 2.24) is 9.29 Å². The van der Waals surface area contributed by atoms with Gasteiger partial charge in [0.15, 0.2) is 5.13 Å². The van der Waals surface area contributed by atoms with E-state index in [0.717, 1.165) is 10.6 Å². The van der Waals surface area contributed by atoms with Crippen LogP contribution in [0.1, 0.15) is 34.1 Å². The van der Waals surface area contributed by atoms with Crippen LogP contribution in [0.25, 0.3) is 0 Å². The van der Waals surface area contributed by atoms with Crippen LogP contribution in [0.3, 0.4) is 0 Å². The Morgan fingerprint density at radius 1 is 1.38 bits per heavy atom. The van der Waals surface area contributed by atoms with Gasteiger partial charge in [0.05, 0.1) is 20.2 Å². The average Bonchev–Trinajstić information content (AvgIpc) is 3.11. The van der Waals surface area contributed by atoms with E-state index in [1.807, 2.05) is 0 Å². The predicted octanol–water partition coefficient (Wildman–Crippen LogP) is 3.21. The van der Waals surface area contributed by atoms with Crippen LogP contribution in [-0.2, 0) is 23.0 Å². The molecule has 24 heavy (non-hydrogen) atoms. The molecule has 0 bridgehead atoms. The number of thiophene rings is 1. The van der Waals surface area contributed by atoms with E-state index in [1.54, 1.807) is 26.0 Å². The van der Waals surface area contributed by atoms with Gasteiger partial charge in [-0.25, -0.2) is 13.4 Å². The molecular weight excluding hydrogens is 390 g/mol. The molecule has 3 rings (SSSR count). The van der Waals surface area contributed by atoms with E-state index in [9.17, 15) is 13.2 Å². The predicted molar refractivity (Wildman–Crippen MR) is 97.6 cm³/mol. The molecule has 6 nitrogen and oxygen atoms in total. The van der Waals surface area contributed by atoms with Crippen LogP contribution in [0.2, 0.25) is 4.34 Å². The Morgan fingerprint density at radius 2 is 2.12 bits per heavy atom. The number of aromatic nitrogens is 1. The second kappa shape index (κ2) is 6.72. The first kappa shape index (κ1) is 17.8. The molecule has 0 saturated heterocycles. The molecule has 1 aliphatic heterocycles. The Kier molecular flexibility index (Phi) is 4.99. The van der Waals surface area contributed by atoms with Gasteiger partial charge in [-0.15, -0.1) is 22.7 Å². The van der Waals surface area contributed by atoms with E-state index in [0.29, 0.717) is 33.9 Å². The average molecular weight is 406 g/mol. The summed E-state index contributed by atoms with van der Waals surface area (Å²) >= 11 is 8.36. The summed E-state index contributed by atoms with van der Waals surface area (Å²) in [5.41, 5.74) is 0.856. The Labute approximate surface area is 153 Å². The third-order valence-corrected chi connectivity index (χ3v) is 8.12. The van der Waals surface area contributed by atoms with Crippen molar-refractivity contribution in [3.63, 3.8) is 0 Å². The minimum absolute atomic E-state index is 0.260. The van der Waals surface area contributed by atoms with Crippen molar-refractivity contribution in [3.05, 3.63) is 31.9 Å². The summed E-state index contributed by atoms with van der Waals surface area (Å²) in [5, 5.41) is 2.79. The lowest BCUT2D eigenvalue weighted by Crippen LogP contribution is -2.39. The molecule has 0 atom stereocenters. The molecule has 3 heterocycles. The molecule has 2 aromatic heterocycles. The quantitative estimate of drug-likeness (QED) is 0.846. The number of amides is 1.